The van der Waals surface area contributed by atoms with Crippen LogP contribution < -0.4 is 0 Å². The Hall–Kier alpha value is -0.320. The van der Waals surface area contributed by atoms with Crippen LogP contribution in [-0.4, -0.2) is 30.0 Å². The molecule has 0 heterocycles. The van der Waals surface area contributed by atoms with E-state index in [-0.39, 0.29) is 17.6 Å². The molecule has 0 aromatic rings. The average Bonchev–Trinajstić information content (AvgIpc) is 2.29. The van der Waals surface area contributed by atoms with Gasteiger partial charge >= 0.3 is 5.97 Å². The van der Waals surface area contributed by atoms with Crippen LogP contribution in [0, 0.1) is 0 Å². The number of ether oxygens (including phenoxy) is 1. The van der Waals surface area contributed by atoms with Crippen molar-refractivity contribution in [1.82, 2.24) is 0 Å². The highest BCUT2D eigenvalue weighted by atomic mass is 32.2. The molecule has 2 nitrogen and oxygen atoms in total. The van der Waals surface area contributed by atoms with Crippen molar-refractivity contribution in [3.63, 3.8) is 0 Å². The molecular weight excluding hydrogens is 246 g/mol. The molecule has 0 bridgehead atoms. The van der Waals surface area contributed by atoms with Gasteiger partial charge in [0.1, 0.15) is 0 Å². The van der Waals surface area contributed by atoms with Crippen molar-refractivity contribution in [2.75, 3.05) is 12.4 Å². The van der Waals surface area contributed by atoms with E-state index in [9.17, 15) is 13.6 Å². The number of unbranched alkanes of at least 4 members (excludes halogenated alkanes) is 2. The van der Waals surface area contributed by atoms with Gasteiger partial charge in [-0.05, 0) is 31.9 Å². The first kappa shape index (κ1) is 16.7. The van der Waals surface area contributed by atoms with Crippen LogP contribution in [0.5, 0.6) is 0 Å². The Labute approximate surface area is 106 Å². The predicted molar refractivity (Wildman–Crippen MR) is 67.6 cm³/mol. The van der Waals surface area contributed by atoms with Gasteiger partial charge in [-0.15, -0.1) is 11.8 Å². The molecule has 0 aromatic heterocycles. The molecule has 0 radical (unpaired) electrons. The molecule has 0 aliphatic carbocycles. The summed E-state index contributed by atoms with van der Waals surface area (Å²) in [6.45, 7) is 4.24. The van der Waals surface area contributed by atoms with Gasteiger partial charge in [-0.3, -0.25) is 4.79 Å². The lowest BCUT2D eigenvalue weighted by molar-refractivity contribution is -0.142. The van der Waals surface area contributed by atoms with Crippen LogP contribution in [0.15, 0.2) is 0 Å². The highest BCUT2D eigenvalue weighted by Crippen LogP contribution is 2.16. The Bertz CT molecular complexity index is 201. The van der Waals surface area contributed by atoms with E-state index in [2.05, 4.69) is 0 Å². The molecule has 0 aromatic carbocycles. The number of thioether (sulfide) groups is 1. The van der Waals surface area contributed by atoms with Crippen LogP contribution in [0.1, 0.15) is 46.0 Å². The normalized spacial score (nSPS) is 12.8. The zero-order valence-corrected chi connectivity index (χ0v) is 11.4. The molecule has 0 N–H and O–H groups in total. The lowest BCUT2D eigenvalue weighted by atomic mass is 10.2. The maximum absolute atomic E-state index is 11.8. The number of esters is 1. The molecule has 0 saturated carbocycles. The van der Waals surface area contributed by atoms with Gasteiger partial charge in [0.25, 0.3) is 0 Å². The van der Waals surface area contributed by atoms with Crippen molar-refractivity contribution in [2.24, 2.45) is 0 Å². The molecule has 102 valence electrons. The first-order chi connectivity index (χ1) is 8.07. The maximum Gasteiger partial charge on any atom is 0.318 e. The van der Waals surface area contributed by atoms with Crippen LogP contribution in [-0.2, 0) is 9.53 Å². The van der Waals surface area contributed by atoms with E-state index in [1.807, 2.05) is 13.8 Å². The lowest BCUT2D eigenvalue weighted by Crippen LogP contribution is -2.17. The third-order valence-electron chi connectivity index (χ3n) is 2.21. The standard InChI is InChI=1S/C12H22F2O2S/c1-3-8-16-12(15)10(2)17-9-6-4-5-7-11(13)14/h10-11H,3-9H2,1-2H3. The van der Waals surface area contributed by atoms with Gasteiger partial charge in [0.2, 0.25) is 6.43 Å². The number of alkyl halides is 2. The summed E-state index contributed by atoms with van der Waals surface area (Å²) in [6.07, 6.45) is 0.866. The molecule has 1 unspecified atom stereocenters. The smallest absolute Gasteiger partial charge is 0.318 e. The highest BCUT2D eigenvalue weighted by Gasteiger charge is 2.13. The molecule has 17 heavy (non-hydrogen) atoms. The summed E-state index contributed by atoms with van der Waals surface area (Å²) in [6, 6.07) is 0. The zero-order valence-electron chi connectivity index (χ0n) is 10.6. The molecule has 0 saturated heterocycles. The number of carbonyl (C=O) groups excluding carboxylic acids is 1. The molecule has 0 rings (SSSR count). The molecule has 0 aliphatic rings. The van der Waals surface area contributed by atoms with E-state index < -0.39 is 6.43 Å². The highest BCUT2D eigenvalue weighted by molar-refractivity contribution is 8.00. The molecule has 0 spiro atoms. The molecular formula is C12H22F2O2S. The van der Waals surface area contributed by atoms with Gasteiger partial charge in [0.05, 0.1) is 11.9 Å². The Morgan fingerprint density at radius 2 is 2.00 bits per heavy atom. The minimum atomic E-state index is -2.19. The van der Waals surface area contributed by atoms with Crippen molar-refractivity contribution in [2.45, 2.75) is 57.6 Å². The maximum atomic E-state index is 11.8. The third kappa shape index (κ3) is 10.5. The second kappa shape index (κ2) is 10.8. The minimum Gasteiger partial charge on any atom is -0.465 e. The second-order valence-electron chi connectivity index (χ2n) is 3.92. The second-order valence-corrected chi connectivity index (χ2v) is 5.37. The summed E-state index contributed by atoms with van der Waals surface area (Å²) in [4.78, 5) is 11.4. The predicted octanol–water partition coefficient (Wildman–Crippen LogP) is 3.89. The SMILES string of the molecule is CCCOC(=O)C(C)SCCCCCC(F)F. The quantitative estimate of drug-likeness (QED) is 0.444. The Morgan fingerprint density at radius 1 is 1.29 bits per heavy atom. The summed E-state index contributed by atoms with van der Waals surface area (Å²) < 4.78 is 28.7. The van der Waals surface area contributed by atoms with Crippen LogP contribution in [0.2, 0.25) is 0 Å². The van der Waals surface area contributed by atoms with Crippen LogP contribution in [0.25, 0.3) is 0 Å². The van der Waals surface area contributed by atoms with Gasteiger partial charge in [-0.1, -0.05) is 13.3 Å². The minimum absolute atomic E-state index is 0.0151. The number of halogens is 2. The fraction of sp³-hybridized carbons (Fsp3) is 0.917. The van der Waals surface area contributed by atoms with Crippen molar-refractivity contribution in [3.8, 4) is 0 Å². The monoisotopic (exact) mass is 268 g/mol. The van der Waals surface area contributed by atoms with Crippen molar-refractivity contribution in [3.05, 3.63) is 0 Å². The van der Waals surface area contributed by atoms with E-state index in [1.54, 1.807) is 0 Å². The largest absolute Gasteiger partial charge is 0.465 e. The van der Waals surface area contributed by atoms with Gasteiger partial charge in [-0.2, -0.15) is 0 Å². The topological polar surface area (TPSA) is 26.3 Å². The fourth-order valence-corrected chi connectivity index (χ4v) is 2.15. The van der Waals surface area contributed by atoms with Gasteiger partial charge in [0.15, 0.2) is 0 Å². The Balaban J connectivity index is 3.38. The summed E-state index contributed by atoms with van der Waals surface area (Å²) in [5.41, 5.74) is 0. The summed E-state index contributed by atoms with van der Waals surface area (Å²) in [5, 5.41) is -0.156. The number of hydrogen-bond donors (Lipinski definition) is 0. The van der Waals surface area contributed by atoms with E-state index in [1.165, 1.54) is 11.8 Å². The molecule has 0 amide bonds. The summed E-state index contributed by atoms with van der Waals surface area (Å²) in [5.74, 6) is 0.649. The fourth-order valence-electron chi connectivity index (χ4n) is 1.23. The number of rotatable bonds is 10. The van der Waals surface area contributed by atoms with Crippen LogP contribution >= 0.6 is 11.8 Å². The zero-order chi connectivity index (χ0) is 13.1. The van der Waals surface area contributed by atoms with Gasteiger partial charge in [-0.25, -0.2) is 8.78 Å². The molecule has 1 atom stereocenters. The average molecular weight is 268 g/mol. The van der Waals surface area contributed by atoms with E-state index in [0.29, 0.717) is 13.0 Å². The lowest BCUT2D eigenvalue weighted by Gasteiger charge is -2.10. The number of hydrogen-bond acceptors (Lipinski definition) is 3. The van der Waals surface area contributed by atoms with Gasteiger partial charge in [0, 0.05) is 6.42 Å². The number of carbonyl (C=O) groups is 1. The van der Waals surface area contributed by atoms with Crippen LogP contribution in [0.4, 0.5) is 8.78 Å². The van der Waals surface area contributed by atoms with Crippen molar-refractivity contribution < 1.29 is 18.3 Å². The third-order valence-corrected chi connectivity index (χ3v) is 3.43. The summed E-state index contributed by atoms with van der Waals surface area (Å²) >= 11 is 1.53. The van der Waals surface area contributed by atoms with E-state index in [4.69, 9.17) is 4.74 Å². The van der Waals surface area contributed by atoms with Gasteiger partial charge < -0.3 is 4.74 Å². The van der Waals surface area contributed by atoms with Crippen molar-refractivity contribution in [1.29, 1.82) is 0 Å². The van der Waals surface area contributed by atoms with Crippen LogP contribution in [0.3, 0.4) is 0 Å². The first-order valence-corrected chi connectivity index (χ1v) is 7.19. The van der Waals surface area contributed by atoms with E-state index >= 15 is 0 Å². The Kier molecular flexibility index (Phi) is 10.6. The molecule has 0 aliphatic heterocycles. The Morgan fingerprint density at radius 3 is 2.59 bits per heavy atom. The summed E-state index contributed by atoms with van der Waals surface area (Å²) in [7, 11) is 0. The van der Waals surface area contributed by atoms with Crippen molar-refractivity contribution >= 4 is 17.7 Å². The molecule has 0 fully saturated rings. The van der Waals surface area contributed by atoms with E-state index in [0.717, 1.165) is 25.0 Å². The first-order valence-electron chi connectivity index (χ1n) is 6.14. The molecule has 5 heteroatoms.